The number of hydrogen-bond acceptors (Lipinski definition) is 7. The Morgan fingerprint density at radius 3 is 3.00 bits per heavy atom. The zero-order valence-electron chi connectivity index (χ0n) is 13.4. The molecule has 0 radical (unpaired) electrons. The monoisotopic (exact) mass is 336 g/mol. The molecule has 0 saturated carbocycles. The van der Waals surface area contributed by atoms with Crippen LogP contribution < -0.4 is 15.1 Å². The maximum Gasteiger partial charge on any atom is 0.263 e. The van der Waals surface area contributed by atoms with Crippen LogP contribution in [0.15, 0.2) is 24.3 Å². The van der Waals surface area contributed by atoms with E-state index < -0.39 is 0 Å². The average Bonchev–Trinajstić information content (AvgIpc) is 3.01. The van der Waals surface area contributed by atoms with E-state index in [0.717, 1.165) is 17.1 Å². The highest BCUT2D eigenvalue weighted by Gasteiger charge is 2.13. The van der Waals surface area contributed by atoms with Crippen LogP contribution in [0.3, 0.4) is 0 Å². The lowest BCUT2D eigenvalue weighted by Gasteiger charge is -2.14. The third-order valence-electron chi connectivity index (χ3n) is 2.99. The maximum absolute atomic E-state index is 11.6. The lowest BCUT2D eigenvalue weighted by molar-refractivity contribution is -0.131. The van der Waals surface area contributed by atoms with Gasteiger partial charge in [0.1, 0.15) is 18.1 Å². The highest BCUT2D eigenvalue weighted by atomic mass is 32.1. The highest BCUT2D eigenvalue weighted by molar-refractivity contribution is 7.09. The first kappa shape index (κ1) is 17.2. The number of hydroxylamine groups is 1. The fourth-order valence-electron chi connectivity index (χ4n) is 1.90. The van der Waals surface area contributed by atoms with Gasteiger partial charge < -0.3 is 9.64 Å². The molecule has 1 aromatic heterocycles. The number of benzene rings is 1. The summed E-state index contributed by atoms with van der Waals surface area (Å²) in [4.78, 5) is 22.7. The number of anilines is 1. The van der Waals surface area contributed by atoms with Crippen molar-refractivity contribution < 1.29 is 14.4 Å². The summed E-state index contributed by atoms with van der Waals surface area (Å²) in [5.41, 5.74) is 3.43. The molecular formula is C15H20N4O3S. The van der Waals surface area contributed by atoms with Crippen LogP contribution in [0.1, 0.15) is 18.3 Å². The van der Waals surface area contributed by atoms with Crippen LogP contribution in [0, 0.1) is 0 Å². The summed E-state index contributed by atoms with van der Waals surface area (Å²) in [6, 6.07) is 7.79. The first-order valence-electron chi connectivity index (χ1n) is 7.19. The van der Waals surface area contributed by atoms with Crippen molar-refractivity contribution in [2.75, 3.05) is 32.2 Å². The van der Waals surface area contributed by atoms with Gasteiger partial charge in [-0.05, 0) is 24.6 Å². The number of carbonyl (C=O) groups is 1. The molecule has 1 amide bonds. The molecule has 0 aliphatic carbocycles. The molecule has 0 aliphatic heterocycles. The van der Waals surface area contributed by atoms with Crippen molar-refractivity contribution in [3.63, 3.8) is 0 Å². The van der Waals surface area contributed by atoms with Crippen LogP contribution >= 0.6 is 11.5 Å². The first-order valence-corrected chi connectivity index (χ1v) is 7.97. The number of rotatable bonds is 8. The summed E-state index contributed by atoms with van der Waals surface area (Å²) in [6.07, 6.45) is 0.618. The Balaban J connectivity index is 1.95. The predicted octanol–water partition coefficient (Wildman–Crippen LogP) is 1.64. The van der Waals surface area contributed by atoms with Gasteiger partial charge in [-0.25, -0.2) is 10.5 Å². The number of hydrogen-bond donors (Lipinski definition) is 1. The Kier molecular flexibility index (Phi) is 6.30. The van der Waals surface area contributed by atoms with Gasteiger partial charge in [-0.2, -0.15) is 4.37 Å². The fraction of sp³-hybridized carbons (Fsp3) is 0.400. The minimum Gasteiger partial charge on any atom is -0.497 e. The molecule has 0 atom stereocenters. The van der Waals surface area contributed by atoms with Gasteiger partial charge in [0.05, 0.1) is 13.7 Å². The normalized spacial score (nSPS) is 10.4. The number of aromatic nitrogens is 2. The number of ether oxygens (including phenoxy) is 1. The van der Waals surface area contributed by atoms with Crippen molar-refractivity contribution in [1.82, 2.24) is 14.8 Å². The molecule has 0 fully saturated rings. The van der Waals surface area contributed by atoms with Gasteiger partial charge in [-0.15, -0.1) is 0 Å². The van der Waals surface area contributed by atoms with Gasteiger partial charge in [-0.1, -0.05) is 12.1 Å². The lowest BCUT2D eigenvalue weighted by Crippen LogP contribution is -2.35. The van der Waals surface area contributed by atoms with E-state index in [9.17, 15) is 4.79 Å². The lowest BCUT2D eigenvalue weighted by atomic mass is 10.1. The summed E-state index contributed by atoms with van der Waals surface area (Å²) in [6.45, 7) is 2.40. The summed E-state index contributed by atoms with van der Waals surface area (Å²) < 4.78 is 9.55. The third kappa shape index (κ3) is 5.19. The SMILES string of the molecule is CCONC(=O)CN(C)c1nc(Cc2cccc(OC)c2)ns1. The molecule has 0 bridgehead atoms. The van der Waals surface area contributed by atoms with E-state index in [1.54, 1.807) is 26.0 Å². The number of carbonyl (C=O) groups excluding carboxylic acids is 1. The zero-order valence-corrected chi connectivity index (χ0v) is 14.2. The average molecular weight is 336 g/mol. The van der Waals surface area contributed by atoms with Gasteiger partial charge in [0.25, 0.3) is 5.91 Å². The molecule has 8 heteroatoms. The molecule has 0 saturated heterocycles. The fourth-order valence-corrected chi connectivity index (χ4v) is 2.55. The van der Waals surface area contributed by atoms with Crippen LogP contribution in [-0.4, -0.2) is 42.6 Å². The van der Waals surface area contributed by atoms with Crippen molar-refractivity contribution in [2.24, 2.45) is 0 Å². The van der Waals surface area contributed by atoms with Crippen molar-refractivity contribution in [3.8, 4) is 5.75 Å². The van der Waals surface area contributed by atoms with Crippen molar-refractivity contribution in [1.29, 1.82) is 0 Å². The van der Waals surface area contributed by atoms with Crippen LogP contribution in [-0.2, 0) is 16.1 Å². The molecule has 2 aromatic rings. The summed E-state index contributed by atoms with van der Waals surface area (Å²) in [5.74, 6) is 1.30. The van der Waals surface area contributed by atoms with E-state index in [2.05, 4.69) is 14.8 Å². The van der Waals surface area contributed by atoms with Crippen molar-refractivity contribution in [2.45, 2.75) is 13.3 Å². The Morgan fingerprint density at radius 1 is 1.43 bits per heavy atom. The van der Waals surface area contributed by atoms with Gasteiger partial charge in [0.15, 0.2) is 0 Å². The Hall–Kier alpha value is -2.19. The van der Waals surface area contributed by atoms with E-state index in [-0.39, 0.29) is 12.5 Å². The van der Waals surface area contributed by atoms with E-state index in [0.29, 0.717) is 18.2 Å². The number of methoxy groups -OCH3 is 1. The van der Waals surface area contributed by atoms with E-state index in [1.165, 1.54) is 11.5 Å². The van der Waals surface area contributed by atoms with Gasteiger partial charge in [0, 0.05) is 25.0 Å². The van der Waals surface area contributed by atoms with Gasteiger partial charge in [0.2, 0.25) is 5.13 Å². The second-order valence-corrected chi connectivity index (χ2v) is 5.57. The zero-order chi connectivity index (χ0) is 16.7. The third-order valence-corrected chi connectivity index (χ3v) is 3.86. The van der Waals surface area contributed by atoms with Gasteiger partial charge >= 0.3 is 0 Å². The smallest absolute Gasteiger partial charge is 0.263 e. The molecule has 0 unspecified atom stereocenters. The van der Waals surface area contributed by atoms with E-state index in [4.69, 9.17) is 9.57 Å². The molecule has 1 heterocycles. The molecule has 1 N–H and O–H groups in total. The van der Waals surface area contributed by atoms with Crippen molar-refractivity contribution >= 4 is 22.6 Å². The largest absolute Gasteiger partial charge is 0.497 e. The molecule has 124 valence electrons. The van der Waals surface area contributed by atoms with Gasteiger partial charge in [-0.3, -0.25) is 9.63 Å². The first-order chi connectivity index (χ1) is 11.1. The minimum atomic E-state index is -0.223. The maximum atomic E-state index is 11.6. The topological polar surface area (TPSA) is 76.6 Å². The number of amides is 1. The van der Waals surface area contributed by atoms with Crippen LogP contribution in [0.4, 0.5) is 5.13 Å². The van der Waals surface area contributed by atoms with Crippen LogP contribution in [0.25, 0.3) is 0 Å². The quantitative estimate of drug-likeness (QED) is 0.739. The number of likely N-dealkylation sites (N-methyl/N-ethyl adjacent to an activating group) is 1. The molecule has 2 rings (SSSR count). The Bertz CT molecular complexity index is 647. The summed E-state index contributed by atoms with van der Waals surface area (Å²) in [7, 11) is 3.43. The van der Waals surface area contributed by atoms with Crippen LogP contribution in [0.2, 0.25) is 0 Å². The van der Waals surface area contributed by atoms with Crippen LogP contribution in [0.5, 0.6) is 5.75 Å². The molecule has 0 aliphatic rings. The van der Waals surface area contributed by atoms with E-state index in [1.807, 2.05) is 24.3 Å². The second-order valence-electron chi connectivity index (χ2n) is 4.84. The Labute approximate surface area is 139 Å². The molecule has 23 heavy (non-hydrogen) atoms. The number of nitrogens with zero attached hydrogens (tertiary/aromatic N) is 3. The molecular weight excluding hydrogens is 316 g/mol. The summed E-state index contributed by atoms with van der Waals surface area (Å²) in [5, 5.41) is 0.689. The highest BCUT2D eigenvalue weighted by Crippen LogP contribution is 2.19. The molecule has 1 aromatic carbocycles. The Morgan fingerprint density at radius 2 is 2.26 bits per heavy atom. The minimum absolute atomic E-state index is 0.161. The predicted molar refractivity (Wildman–Crippen MR) is 88.7 cm³/mol. The summed E-state index contributed by atoms with van der Waals surface area (Å²) >= 11 is 1.27. The molecule has 7 nitrogen and oxygen atoms in total. The standard InChI is InChI=1S/C15H20N4O3S/c1-4-22-17-14(20)10-19(2)15-16-13(18-23-15)9-11-6-5-7-12(8-11)21-3/h5-8H,4,9-10H2,1-3H3,(H,17,20). The second kappa shape index (κ2) is 8.44. The van der Waals surface area contributed by atoms with E-state index >= 15 is 0 Å². The molecule has 0 spiro atoms. The number of nitrogens with one attached hydrogen (secondary N) is 1. The van der Waals surface area contributed by atoms with Crippen molar-refractivity contribution in [3.05, 3.63) is 35.7 Å².